The van der Waals surface area contributed by atoms with Crippen LogP contribution < -0.4 is 5.32 Å². The van der Waals surface area contributed by atoms with Crippen LogP contribution in [0.1, 0.15) is 30.5 Å². The third kappa shape index (κ3) is 4.14. The number of nitrogens with one attached hydrogen (secondary N) is 1. The van der Waals surface area contributed by atoms with Gasteiger partial charge in [-0.3, -0.25) is 0 Å². The van der Waals surface area contributed by atoms with E-state index in [1.54, 1.807) is 24.3 Å². The lowest BCUT2D eigenvalue weighted by molar-refractivity contribution is 0.527. The Morgan fingerprint density at radius 3 is 2.00 bits per heavy atom. The van der Waals surface area contributed by atoms with Gasteiger partial charge in [0.05, 0.1) is 0 Å². The first kappa shape index (κ1) is 14.7. The Morgan fingerprint density at radius 1 is 0.900 bits per heavy atom. The van der Waals surface area contributed by atoms with Gasteiger partial charge in [0.15, 0.2) is 0 Å². The van der Waals surface area contributed by atoms with E-state index in [9.17, 15) is 8.78 Å². The lowest BCUT2D eigenvalue weighted by Gasteiger charge is -2.19. The molecule has 1 unspecified atom stereocenters. The van der Waals surface area contributed by atoms with Gasteiger partial charge in [0.1, 0.15) is 11.6 Å². The molecular weight excluding hydrogens is 256 g/mol. The van der Waals surface area contributed by atoms with Crippen LogP contribution >= 0.6 is 0 Å². The van der Waals surface area contributed by atoms with Crippen LogP contribution in [0.25, 0.3) is 0 Å². The first-order valence-corrected chi connectivity index (χ1v) is 6.92. The normalized spacial score (nSPS) is 12.3. The van der Waals surface area contributed by atoms with Gasteiger partial charge >= 0.3 is 0 Å². The summed E-state index contributed by atoms with van der Waals surface area (Å²) in [7, 11) is 0. The molecule has 0 radical (unpaired) electrons. The zero-order valence-electron chi connectivity index (χ0n) is 11.6. The first-order chi connectivity index (χ1) is 9.69. The van der Waals surface area contributed by atoms with Crippen LogP contribution in [0.5, 0.6) is 0 Å². The molecule has 106 valence electrons. The zero-order chi connectivity index (χ0) is 14.4. The Morgan fingerprint density at radius 2 is 1.45 bits per heavy atom. The highest BCUT2D eigenvalue weighted by Gasteiger charge is 2.11. The maximum atomic E-state index is 13.0. The van der Waals surface area contributed by atoms with E-state index in [1.165, 1.54) is 24.3 Å². The van der Waals surface area contributed by atoms with Crippen molar-refractivity contribution < 1.29 is 8.78 Å². The second-order valence-corrected chi connectivity index (χ2v) is 4.89. The van der Waals surface area contributed by atoms with E-state index in [-0.39, 0.29) is 17.7 Å². The summed E-state index contributed by atoms with van der Waals surface area (Å²) >= 11 is 0. The van der Waals surface area contributed by atoms with Crippen molar-refractivity contribution in [3.63, 3.8) is 0 Å². The second-order valence-electron chi connectivity index (χ2n) is 4.89. The van der Waals surface area contributed by atoms with Crippen LogP contribution in [-0.2, 0) is 6.42 Å². The van der Waals surface area contributed by atoms with Crippen molar-refractivity contribution >= 4 is 0 Å². The molecule has 0 fully saturated rings. The average molecular weight is 275 g/mol. The number of benzene rings is 2. The predicted octanol–water partition coefficient (Wildman–Crippen LogP) is 4.25. The van der Waals surface area contributed by atoms with Crippen molar-refractivity contribution in [2.24, 2.45) is 0 Å². The van der Waals surface area contributed by atoms with Crippen LogP contribution in [0, 0.1) is 11.6 Å². The third-order valence-corrected chi connectivity index (χ3v) is 3.27. The summed E-state index contributed by atoms with van der Waals surface area (Å²) in [4.78, 5) is 0. The molecule has 0 aliphatic carbocycles. The summed E-state index contributed by atoms with van der Waals surface area (Å²) in [5.41, 5.74) is 2.11. The fourth-order valence-corrected chi connectivity index (χ4v) is 2.18. The molecule has 1 N–H and O–H groups in total. The van der Waals surface area contributed by atoms with Crippen LogP contribution in [0.3, 0.4) is 0 Å². The fourth-order valence-electron chi connectivity index (χ4n) is 2.18. The highest BCUT2D eigenvalue weighted by atomic mass is 19.1. The van der Waals surface area contributed by atoms with Crippen molar-refractivity contribution in [1.82, 2.24) is 5.32 Å². The smallest absolute Gasteiger partial charge is 0.123 e. The Balaban J connectivity index is 2.14. The molecule has 0 bridgehead atoms. The molecule has 0 aromatic heterocycles. The van der Waals surface area contributed by atoms with Gasteiger partial charge in [0.2, 0.25) is 0 Å². The molecule has 0 spiro atoms. The Labute approximate surface area is 118 Å². The van der Waals surface area contributed by atoms with Crippen molar-refractivity contribution in [2.75, 3.05) is 6.54 Å². The summed E-state index contributed by atoms with van der Waals surface area (Å²) in [6.45, 7) is 3.00. The number of hydrogen-bond acceptors (Lipinski definition) is 1. The number of halogens is 2. The summed E-state index contributed by atoms with van der Waals surface area (Å²) in [5, 5.41) is 3.45. The molecule has 2 aromatic rings. The molecule has 1 nitrogen and oxygen atoms in total. The molecule has 2 aromatic carbocycles. The van der Waals surface area contributed by atoms with Crippen molar-refractivity contribution in [1.29, 1.82) is 0 Å². The molecule has 0 aliphatic rings. The molecule has 0 amide bonds. The van der Waals surface area contributed by atoms with Gasteiger partial charge in [-0.25, -0.2) is 8.78 Å². The highest BCUT2D eigenvalue weighted by molar-refractivity contribution is 5.24. The van der Waals surface area contributed by atoms with Gasteiger partial charge < -0.3 is 5.32 Å². The maximum absolute atomic E-state index is 13.0. The highest BCUT2D eigenvalue weighted by Crippen LogP contribution is 2.19. The van der Waals surface area contributed by atoms with E-state index in [0.29, 0.717) is 0 Å². The molecule has 2 rings (SSSR count). The van der Waals surface area contributed by atoms with Gasteiger partial charge in [-0.2, -0.15) is 0 Å². The van der Waals surface area contributed by atoms with Crippen LogP contribution in [-0.4, -0.2) is 6.54 Å². The van der Waals surface area contributed by atoms with E-state index >= 15 is 0 Å². The summed E-state index contributed by atoms with van der Waals surface area (Å²) in [5.74, 6) is -0.460. The van der Waals surface area contributed by atoms with E-state index < -0.39 is 0 Å². The van der Waals surface area contributed by atoms with Crippen LogP contribution in [0.15, 0.2) is 48.5 Å². The largest absolute Gasteiger partial charge is 0.310 e. The molecule has 0 heterocycles. The summed E-state index contributed by atoms with van der Waals surface area (Å²) < 4.78 is 25.9. The Bertz CT molecular complexity index is 520. The van der Waals surface area contributed by atoms with Gasteiger partial charge in [-0.05, 0) is 54.8 Å². The molecule has 0 saturated carbocycles. The Kier molecular flexibility index (Phi) is 5.24. The number of hydrogen-bond donors (Lipinski definition) is 1. The minimum atomic E-state index is -0.232. The molecule has 0 aliphatic heterocycles. The van der Waals surface area contributed by atoms with Crippen LogP contribution in [0.4, 0.5) is 8.78 Å². The summed E-state index contributed by atoms with van der Waals surface area (Å²) in [6, 6.07) is 13.2. The van der Waals surface area contributed by atoms with Crippen LogP contribution in [0.2, 0.25) is 0 Å². The van der Waals surface area contributed by atoms with Crippen molar-refractivity contribution in [3.05, 3.63) is 71.3 Å². The monoisotopic (exact) mass is 275 g/mol. The quantitative estimate of drug-likeness (QED) is 0.831. The van der Waals surface area contributed by atoms with E-state index in [4.69, 9.17) is 0 Å². The van der Waals surface area contributed by atoms with Gasteiger partial charge in [0, 0.05) is 6.04 Å². The zero-order valence-corrected chi connectivity index (χ0v) is 11.6. The van der Waals surface area contributed by atoms with E-state index in [0.717, 1.165) is 30.5 Å². The van der Waals surface area contributed by atoms with Crippen molar-refractivity contribution in [2.45, 2.75) is 25.8 Å². The van der Waals surface area contributed by atoms with Crippen molar-refractivity contribution in [3.8, 4) is 0 Å². The van der Waals surface area contributed by atoms with E-state index in [1.807, 2.05) is 0 Å². The molecule has 0 saturated heterocycles. The fraction of sp³-hybridized carbons (Fsp3) is 0.294. The standard InChI is InChI=1S/C17H19F2N/c1-2-11-20-17(14-5-9-16(19)10-6-14)12-13-3-7-15(18)8-4-13/h3-10,17,20H,2,11-12H2,1H3. The van der Waals surface area contributed by atoms with Gasteiger partial charge in [-0.15, -0.1) is 0 Å². The summed E-state index contributed by atoms with van der Waals surface area (Å²) in [6.07, 6.45) is 1.78. The molecular formula is C17H19F2N. The van der Waals surface area contributed by atoms with E-state index in [2.05, 4.69) is 12.2 Å². The lowest BCUT2D eigenvalue weighted by atomic mass is 9.98. The second kappa shape index (κ2) is 7.15. The predicted molar refractivity (Wildman–Crippen MR) is 77.5 cm³/mol. The molecule has 1 atom stereocenters. The van der Waals surface area contributed by atoms with Gasteiger partial charge in [0.25, 0.3) is 0 Å². The first-order valence-electron chi connectivity index (χ1n) is 6.92. The average Bonchev–Trinajstić information content (AvgIpc) is 2.46. The SMILES string of the molecule is CCCNC(Cc1ccc(F)cc1)c1ccc(F)cc1. The molecule has 3 heteroatoms. The molecule has 20 heavy (non-hydrogen) atoms. The Hall–Kier alpha value is -1.74. The third-order valence-electron chi connectivity index (χ3n) is 3.27. The minimum Gasteiger partial charge on any atom is -0.310 e. The minimum absolute atomic E-state index is 0.112. The van der Waals surface area contributed by atoms with Gasteiger partial charge in [-0.1, -0.05) is 31.2 Å². The number of rotatable bonds is 6. The maximum Gasteiger partial charge on any atom is 0.123 e. The lowest BCUT2D eigenvalue weighted by Crippen LogP contribution is -2.24. The topological polar surface area (TPSA) is 12.0 Å².